The van der Waals surface area contributed by atoms with E-state index in [1.54, 1.807) is 7.11 Å². The number of aliphatic hydroxyl groups excluding tert-OH is 1. The van der Waals surface area contributed by atoms with Crippen LogP contribution in [0.2, 0.25) is 0 Å². The molecule has 1 rings (SSSR count). The number of aliphatic hydroxyl groups is 1. The highest BCUT2D eigenvalue weighted by molar-refractivity contribution is 5.36. The number of methoxy groups -OCH3 is 1. The zero-order valence-corrected chi connectivity index (χ0v) is 9.08. The Balaban J connectivity index is 2.85. The maximum Gasteiger partial charge on any atom is 0.121 e. The maximum atomic E-state index is 9.77. The van der Waals surface area contributed by atoms with Gasteiger partial charge in [0.15, 0.2) is 0 Å². The third-order valence-electron chi connectivity index (χ3n) is 2.37. The van der Waals surface area contributed by atoms with Gasteiger partial charge >= 0.3 is 0 Å². The SMILES string of the molecule is CCCC(O)c1ccc(OC)c(C)c1. The molecule has 2 heteroatoms. The van der Waals surface area contributed by atoms with Crippen molar-refractivity contribution in [2.75, 3.05) is 7.11 Å². The van der Waals surface area contributed by atoms with Crippen molar-refractivity contribution in [2.45, 2.75) is 32.8 Å². The van der Waals surface area contributed by atoms with E-state index < -0.39 is 0 Å². The van der Waals surface area contributed by atoms with Crippen LogP contribution in [0.1, 0.15) is 37.0 Å². The van der Waals surface area contributed by atoms with Gasteiger partial charge in [-0.3, -0.25) is 0 Å². The molecule has 0 amide bonds. The van der Waals surface area contributed by atoms with Crippen molar-refractivity contribution < 1.29 is 9.84 Å². The first kappa shape index (κ1) is 11.1. The minimum absolute atomic E-state index is 0.343. The summed E-state index contributed by atoms with van der Waals surface area (Å²) in [6.07, 6.45) is 1.46. The lowest BCUT2D eigenvalue weighted by Gasteiger charge is -2.12. The quantitative estimate of drug-likeness (QED) is 0.798. The smallest absolute Gasteiger partial charge is 0.121 e. The lowest BCUT2D eigenvalue weighted by atomic mass is 10.0. The highest BCUT2D eigenvalue weighted by Crippen LogP contribution is 2.24. The molecule has 0 saturated carbocycles. The molecule has 0 bridgehead atoms. The van der Waals surface area contributed by atoms with Crippen molar-refractivity contribution >= 4 is 0 Å². The van der Waals surface area contributed by atoms with Gasteiger partial charge in [-0.15, -0.1) is 0 Å². The summed E-state index contributed by atoms with van der Waals surface area (Å²) < 4.78 is 5.16. The van der Waals surface area contributed by atoms with E-state index in [0.29, 0.717) is 0 Å². The van der Waals surface area contributed by atoms with Crippen molar-refractivity contribution in [3.63, 3.8) is 0 Å². The molecular formula is C12H18O2. The van der Waals surface area contributed by atoms with Gasteiger partial charge < -0.3 is 9.84 Å². The summed E-state index contributed by atoms with van der Waals surface area (Å²) in [4.78, 5) is 0. The fourth-order valence-electron chi connectivity index (χ4n) is 1.55. The van der Waals surface area contributed by atoms with Crippen molar-refractivity contribution in [1.29, 1.82) is 0 Å². The Morgan fingerprint density at radius 1 is 1.43 bits per heavy atom. The topological polar surface area (TPSA) is 29.5 Å². The van der Waals surface area contributed by atoms with Crippen LogP contribution < -0.4 is 4.74 Å². The number of ether oxygens (including phenoxy) is 1. The Labute approximate surface area is 85.5 Å². The van der Waals surface area contributed by atoms with Crippen LogP contribution in [0.25, 0.3) is 0 Å². The Hall–Kier alpha value is -1.02. The normalized spacial score (nSPS) is 12.6. The van der Waals surface area contributed by atoms with Crippen LogP contribution in [0.15, 0.2) is 18.2 Å². The second kappa shape index (κ2) is 5.01. The van der Waals surface area contributed by atoms with Crippen molar-refractivity contribution in [1.82, 2.24) is 0 Å². The van der Waals surface area contributed by atoms with Crippen LogP contribution in [0.5, 0.6) is 5.75 Å². The maximum absolute atomic E-state index is 9.77. The average molecular weight is 194 g/mol. The number of benzene rings is 1. The summed E-state index contributed by atoms with van der Waals surface area (Å²) >= 11 is 0. The van der Waals surface area contributed by atoms with E-state index in [1.807, 2.05) is 25.1 Å². The van der Waals surface area contributed by atoms with Crippen molar-refractivity contribution in [3.8, 4) is 5.75 Å². The largest absolute Gasteiger partial charge is 0.496 e. The molecule has 0 aliphatic rings. The molecule has 0 fully saturated rings. The van der Waals surface area contributed by atoms with E-state index in [2.05, 4.69) is 6.92 Å². The Bertz CT molecular complexity index is 294. The molecule has 0 spiro atoms. The van der Waals surface area contributed by atoms with Crippen LogP contribution in [-0.4, -0.2) is 12.2 Å². The molecule has 0 aromatic heterocycles. The fourth-order valence-corrected chi connectivity index (χ4v) is 1.55. The van der Waals surface area contributed by atoms with Gasteiger partial charge in [-0.05, 0) is 36.6 Å². The summed E-state index contributed by atoms with van der Waals surface area (Å²) in [5.74, 6) is 0.873. The van der Waals surface area contributed by atoms with Gasteiger partial charge in [-0.2, -0.15) is 0 Å². The molecule has 0 aliphatic heterocycles. The summed E-state index contributed by atoms with van der Waals surface area (Å²) in [6, 6.07) is 5.81. The van der Waals surface area contributed by atoms with Gasteiger partial charge in [0, 0.05) is 0 Å². The molecule has 0 radical (unpaired) electrons. The van der Waals surface area contributed by atoms with Gasteiger partial charge in [0.2, 0.25) is 0 Å². The molecule has 1 atom stereocenters. The van der Waals surface area contributed by atoms with Gasteiger partial charge in [0.05, 0.1) is 13.2 Å². The van der Waals surface area contributed by atoms with Crippen LogP contribution in [0.4, 0.5) is 0 Å². The highest BCUT2D eigenvalue weighted by atomic mass is 16.5. The van der Waals surface area contributed by atoms with E-state index in [9.17, 15) is 5.11 Å². The monoisotopic (exact) mass is 194 g/mol. The van der Waals surface area contributed by atoms with Gasteiger partial charge in [-0.25, -0.2) is 0 Å². The first-order chi connectivity index (χ1) is 6.69. The van der Waals surface area contributed by atoms with E-state index in [0.717, 1.165) is 29.7 Å². The van der Waals surface area contributed by atoms with Crippen LogP contribution in [0, 0.1) is 6.92 Å². The average Bonchev–Trinajstić information content (AvgIpc) is 2.18. The Morgan fingerprint density at radius 2 is 2.14 bits per heavy atom. The third kappa shape index (κ3) is 2.48. The zero-order valence-electron chi connectivity index (χ0n) is 9.08. The molecular weight excluding hydrogens is 176 g/mol. The van der Waals surface area contributed by atoms with E-state index in [1.165, 1.54) is 0 Å². The molecule has 1 unspecified atom stereocenters. The molecule has 2 nitrogen and oxygen atoms in total. The second-order valence-electron chi connectivity index (χ2n) is 3.53. The van der Waals surface area contributed by atoms with Crippen molar-refractivity contribution in [2.24, 2.45) is 0 Å². The lowest BCUT2D eigenvalue weighted by Crippen LogP contribution is -1.98. The minimum Gasteiger partial charge on any atom is -0.496 e. The summed E-state index contributed by atoms with van der Waals surface area (Å²) in [6.45, 7) is 4.06. The van der Waals surface area contributed by atoms with E-state index in [-0.39, 0.29) is 6.10 Å². The summed E-state index contributed by atoms with van der Waals surface area (Å²) in [7, 11) is 1.66. The molecule has 14 heavy (non-hydrogen) atoms. The van der Waals surface area contributed by atoms with Gasteiger partial charge in [0.1, 0.15) is 5.75 Å². The molecule has 0 aliphatic carbocycles. The number of hydrogen-bond acceptors (Lipinski definition) is 2. The van der Waals surface area contributed by atoms with Crippen molar-refractivity contribution in [3.05, 3.63) is 29.3 Å². The number of hydrogen-bond donors (Lipinski definition) is 1. The lowest BCUT2D eigenvalue weighted by molar-refractivity contribution is 0.166. The van der Waals surface area contributed by atoms with Gasteiger partial charge in [-0.1, -0.05) is 19.4 Å². The third-order valence-corrected chi connectivity index (χ3v) is 2.37. The molecule has 1 aromatic carbocycles. The number of aryl methyl sites for hydroxylation is 1. The molecule has 78 valence electrons. The minimum atomic E-state index is -0.343. The first-order valence-corrected chi connectivity index (χ1v) is 5.01. The van der Waals surface area contributed by atoms with Crippen LogP contribution >= 0.6 is 0 Å². The zero-order chi connectivity index (χ0) is 10.6. The standard InChI is InChI=1S/C12H18O2/c1-4-5-11(13)10-6-7-12(14-3)9(2)8-10/h6-8,11,13H,4-5H2,1-3H3. The van der Waals surface area contributed by atoms with Crippen LogP contribution in [-0.2, 0) is 0 Å². The fraction of sp³-hybridized carbons (Fsp3) is 0.500. The highest BCUT2D eigenvalue weighted by Gasteiger charge is 2.07. The molecule has 0 heterocycles. The second-order valence-corrected chi connectivity index (χ2v) is 3.53. The predicted molar refractivity (Wildman–Crippen MR) is 57.6 cm³/mol. The van der Waals surface area contributed by atoms with Crippen LogP contribution in [0.3, 0.4) is 0 Å². The van der Waals surface area contributed by atoms with E-state index >= 15 is 0 Å². The number of rotatable bonds is 4. The predicted octanol–water partition coefficient (Wildman–Crippen LogP) is 2.84. The first-order valence-electron chi connectivity index (χ1n) is 5.01. The Kier molecular flexibility index (Phi) is 3.96. The summed E-state index contributed by atoms with van der Waals surface area (Å²) in [5, 5.41) is 9.77. The Morgan fingerprint density at radius 3 is 2.64 bits per heavy atom. The summed E-state index contributed by atoms with van der Waals surface area (Å²) in [5.41, 5.74) is 2.05. The molecule has 1 aromatic rings. The molecule has 0 saturated heterocycles. The van der Waals surface area contributed by atoms with E-state index in [4.69, 9.17) is 4.74 Å². The molecule has 1 N–H and O–H groups in total. The van der Waals surface area contributed by atoms with Gasteiger partial charge in [0.25, 0.3) is 0 Å².